The van der Waals surface area contributed by atoms with Crippen LogP contribution < -0.4 is 0 Å². The van der Waals surface area contributed by atoms with Crippen molar-refractivity contribution in [2.45, 2.75) is 31.7 Å². The van der Waals surface area contributed by atoms with E-state index in [1.165, 1.54) is 49.1 Å². The third-order valence-corrected chi connectivity index (χ3v) is 5.72. The molecule has 5 nitrogen and oxygen atoms in total. The number of likely N-dealkylation sites (tertiary alicyclic amines) is 1. The highest BCUT2D eigenvalue weighted by atomic mass is 16.5. The molecule has 2 aromatic heterocycles. The summed E-state index contributed by atoms with van der Waals surface area (Å²) in [4.78, 5) is 13.9. The molecular formula is C24H27N3O2. The number of hydrogen-bond donors (Lipinski definition) is 0. The van der Waals surface area contributed by atoms with E-state index in [2.05, 4.69) is 51.1 Å². The number of carbonyl (C=O) groups is 1. The van der Waals surface area contributed by atoms with Gasteiger partial charge in [-0.15, -0.1) is 0 Å². The minimum Gasteiger partial charge on any atom is -0.466 e. The van der Waals surface area contributed by atoms with E-state index in [9.17, 15) is 4.79 Å². The van der Waals surface area contributed by atoms with Crippen LogP contribution in [0.15, 0.2) is 60.9 Å². The van der Waals surface area contributed by atoms with E-state index in [0.29, 0.717) is 6.04 Å². The van der Waals surface area contributed by atoms with Crippen LogP contribution in [0.2, 0.25) is 0 Å². The third kappa shape index (κ3) is 4.57. The second kappa shape index (κ2) is 9.05. The van der Waals surface area contributed by atoms with E-state index in [-0.39, 0.29) is 5.97 Å². The molecule has 0 amide bonds. The number of aromatic nitrogens is 2. The van der Waals surface area contributed by atoms with Crippen LogP contribution in [0, 0.1) is 0 Å². The number of ether oxygens (including phenoxy) is 1. The molecule has 1 unspecified atom stereocenters. The molecule has 4 rings (SSSR count). The lowest BCUT2D eigenvalue weighted by Crippen LogP contribution is -2.35. The number of hydrogen-bond acceptors (Lipinski definition) is 4. The molecule has 3 heterocycles. The molecule has 0 aliphatic carbocycles. The van der Waals surface area contributed by atoms with Gasteiger partial charge in [0.15, 0.2) is 0 Å². The maximum absolute atomic E-state index is 11.3. The lowest BCUT2D eigenvalue weighted by molar-refractivity contribution is -0.134. The molecule has 5 heteroatoms. The fourth-order valence-corrected chi connectivity index (χ4v) is 4.14. The maximum Gasteiger partial charge on any atom is 0.330 e. The second-order valence-electron chi connectivity index (χ2n) is 7.52. The van der Waals surface area contributed by atoms with Gasteiger partial charge in [0.25, 0.3) is 0 Å². The van der Waals surface area contributed by atoms with Crippen LogP contribution in [-0.4, -0.2) is 40.7 Å². The van der Waals surface area contributed by atoms with Crippen molar-refractivity contribution >= 4 is 17.6 Å². The minimum absolute atomic E-state index is 0.333. The molecule has 0 spiro atoms. The van der Waals surface area contributed by atoms with Gasteiger partial charge in [-0.25, -0.2) is 9.31 Å². The Morgan fingerprint density at radius 1 is 1.21 bits per heavy atom. The monoisotopic (exact) mass is 389 g/mol. The van der Waals surface area contributed by atoms with Gasteiger partial charge in [-0.05, 0) is 60.7 Å². The normalized spacial score (nSPS) is 17.8. The van der Waals surface area contributed by atoms with Gasteiger partial charge in [0, 0.05) is 24.9 Å². The van der Waals surface area contributed by atoms with Gasteiger partial charge in [0.2, 0.25) is 0 Å². The van der Waals surface area contributed by atoms with Crippen LogP contribution in [0.5, 0.6) is 0 Å². The Kier molecular flexibility index (Phi) is 6.06. The zero-order valence-electron chi connectivity index (χ0n) is 16.8. The molecule has 1 aromatic carbocycles. The van der Waals surface area contributed by atoms with Gasteiger partial charge in [0.1, 0.15) is 0 Å². The Balaban J connectivity index is 1.44. The van der Waals surface area contributed by atoms with Crippen molar-refractivity contribution in [3.63, 3.8) is 0 Å². The molecule has 150 valence electrons. The van der Waals surface area contributed by atoms with Gasteiger partial charge in [-0.2, -0.15) is 5.10 Å². The first-order valence-corrected chi connectivity index (χ1v) is 10.3. The van der Waals surface area contributed by atoms with E-state index in [0.717, 1.165) is 25.1 Å². The van der Waals surface area contributed by atoms with Crippen LogP contribution >= 0.6 is 0 Å². The summed E-state index contributed by atoms with van der Waals surface area (Å²) in [5.74, 6) is -0.333. The molecule has 0 bridgehead atoms. The van der Waals surface area contributed by atoms with Gasteiger partial charge in [-0.1, -0.05) is 36.8 Å². The summed E-state index contributed by atoms with van der Waals surface area (Å²) in [6.45, 7) is 2.17. The molecule has 1 aliphatic heterocycles. The van der Waals surface area contributed by atoms with E-state index in [1.54, 1.807) is 6.08 Å². The number of pyridine rings is 1. The molecule has 0 N–H and O–H groups in total. The van der Waals surface area contributed by atoms with E-state index in [4.69, 9.17) is 0 Å². The zero-order valence-corrected chi connectivity index (χ0v) is 16.8. The van der Waals surface area contributed by atoms with Crippen molar-refractivity contribution < 1.29 is 9.53 Å². The summed E-state index contributed by atoms with van der Waals surface area (Å²) in [5, 5.41) is 4.46. The van der Waals surface area contributed by atoms with Crippen LogP contribution in [-0.2, 0) is 16.0 Å². The van der Waals surface area contributed by atoms with Gasteiger partial charge in [-0.3, -0.25) is 4.90 Å². The summed E-state index contributed by atoms with van der Waals surface area (Å²) in [6, 6.07) is 15.2. The van der Waals surface area contributed by atoms with Crippen LogP contribution in [0.25, 0.3) is 11.6 Å². The van der Waals surface area contributed by atoms with Crippen molar-refractivity contribution in [1.29, 1.82) is 0 Å². The number of rotatable bonds is 6. The highest BCUT2D eigenvalue weighted by Crippen LogP contribution is 2.31. The highest BCUT2D eigenvalue weighted by molar-refractivity contribution is 5.86. The Hall–Kier alpha value is -2.92. The predicted molar refractivity (Wildman–Crippen MR) is 115 cm³/mol. The summed E-state index contributed by atoms with van der Waals surface area (Å²) in [6.07, 6.45) is 12.0. The number of esters is 1. The summed E-state index contributed by atoms with van der Waals surface area (Å²) in [7, 11) is 1.39. The first-order chi connectivity index (χ1) is 14.2. The predicted octanol–water partition coefficient (Wildman–Crippen LogP) is 4.29. The Labute approximate surface area is 171 Å². The Morgan fingerprint density at radius 3 is 2.90 bits per heavy atom. The molecule has 1 aliphatic rings. The van der Waals surface area contributed by atoms with Gasteiger partial charge >= 0.3 is 5.97 Å². The molecule has 1 fully saturated rings. The quantitative estimate of drug-likeness (QED) is 0.466. The van der Waals surface area contributed by atoms with Crippen molar-refractivity contribution in [3.05, 3.63) is 77.6 Å². The first kappa shape index (κ1) is 19.4. The van der Waals surface area contributed by atoms with Crippen molar-refractivity contribution in [3.8, 4) is 0 Å². The fraction of sp³-hybridized carbons (Fsp3) is 0.333. The molecule has 29 heavy (non-hydrogen) atoms. The van der Waals surface area contributed by atoms with Crippen molar-refractivity contribution in [1.82, 2.24) is 14.5 Å². The topological polar surface area (TPSA) is 46.8 Å². The van der Waals surface area contributed by atoms with Gasteiger partial charge < -0.3 is 4.74 Å². The summed E-state index contributed by atoms with van der Waals surface area (Å²) < 4.78 is 6.60. The van der Waals surface area contributed by atoms with Crippen LogP contribution in [0.3, 0.4) is 0 Å². The van der Waals surface area contributed by atoms with Crippen molar-refractivity contribution in [2.75, 3.05) is 20.2 Å². The average Bonchev–Trinajstić information content (AvgIpc) is 3.20. The van der Waals surface area contributed by atoms with E-state index < -0.39 is 0 Å². The number of benzene rings is 1. The largest absolute Gasteiger partial charge is 0.466 e. The maximum atomic E-state index is 11.3. The molecule has 3 aromatic rings. The number of fused-ring (bicyclic) bond motifs is 1. The first-order valence-electron chi connectivity index (χ1n) is 10.3. The molecule has 1 atom stereocenters. The van der Waals surface area contributed by atoms with Gasteiger partial charge in [0.05, 0.1) is 18.8 Å². The Bertz CT molecular complexity index is 991. The average molecular weight is 389 g/mol. The Morgan fingerprint density at radius 2 is 2.07 bits per heavy atom. The minimum atomic E-state index is -0.333. The fourth-order valence-electron chi connectivity index (χ4n) is 4.14. The molecule has 0 radical (unpaired) electrons. The molecular weight excluding hydrogens is 362 g/mol. The molecule has 0 saturated carbocycles. The second-order valence-corrected chi connectivity index (χ2v) is 7.52. The standard InChI is InChI=1S/C24H27N3O2/c1-29-24(28)13-10-19-8-11-20(12-9-19)22-6-2-4-15-26(22)17-14-21-18-25-27-16-5-3-7-23(21)27/h3,5,7-13,16,18,22H,2,4,6,14-15,17H2,1H3/b13-10+. The van der Waals surface area contributed by atoms with Crippen molar-refractivity contribution in [2.24, 2.45) is 0 Å². The number of nitrogens with zero attached hydrogens (tertiary/aromatic N) is 3. The van der Waals surface area contributed by atoms with E-state index >= 15 is 0 Å². The lowest BCUT2D eigenvalue weighted by atomic mass is 9.94. The van der Waals surface area contributed by atoms with E-state index in [1.807, 2.05) is 23.0 Å². The van der Waals surface area contributed by atoms with Crippen LogP contribution in [0.1, 0.15) is 42.0 Å². The highest BCUT2D eigenvalue weighted by Gasteiger charge is 2.23. The number of methoxy groups -OCH3 is 1. The number of carbonyl (C=O) groups excluding carboxylic acids is 1. The zero-order chi connectivity index (χ0) is 20.1. The third-order valence-electron chi connectivity index (χ3n) is 5.72. The molecule has 1 saturated heterocycles. The van der Waals surface area contributed by atoms with Crippen LogP contribution in [0.4, 0.5) is 0 Å². The summed E-state index contributed by atoms with van der Waals surface area (Å²) >= 11 is 0. The smallest absolute Gasteiger partial charge is 0.330 e. The SMILES string of the molecule is COC(=O)/C=C/c1ccc(C2CCCCN2CCc2cnn3ccccc23)cc1. The lowest BCUT2D eigenvalue weighted by Gasteiger charge is -2.36. The summed E-state index contributed by atoms with van der Waals surface area (Å²) in [5.41, 5.74) is 4.86. The number of piperidine rings is 1.